The molecule has 0 aliphatic carbocycles. The SMILES string of the molecule is Cc1ccc(C=NNC(=O)C(C)Oc2ccc(Cl)cc2Cl)s1. The predicted octanol–water partition coefficient (Wildman–Crippen LogP) is 4.28. The maximum absolute atomic E-state index is 11.9. The summed E-state index contributed by atoms with van der Waals surface area (Å²) >= 11 is 13.4. The van der Waals surface area contributed by atoms with Crippen molar-refractivity contribution < 1.29 is 9.53 Å². The van der Waals surface area contributed by atoms with E-state index in [0.717, 1.165) is 4.88 Å². The summed E-state index contributed by atoms with van der Waals surface area (Å²) in [5.41, 5.74) is 2.43. The summed E-state index contributed by atoms with van der Waals surface area (Å²) < 4.78 is 5.49. The van der Waals surface area contributed by atoms with Crippen LogP contribution in [0.5, 0.6) is 5.75 Å². The van der Waals surface area contributed by atoms with Crippen molar-refractivity contribution >= 4 is 46.7 Å². The van der Waals surface area contributed by atoms with Crippen LogP contribution >= 0.6 is 34.5 Å². The van der Waals surface area contributed by atoms with Gasteiger partial charge in [-0.2, -0.15) is 5.10 Å². The summed E-state index contributed by atoms with van der Waals surface area (Å²) in [6.45, 7) is 3.62. The van der Waals surface area contributed by atoms with Gasteiger partial charge in [0.2, 0.25) is 0 Å². The van der Waals surface area contributed by atoms with Gasteiger partial charge in [0.15, 0.2) is 6.10 Å². The van der Waals surface area contributed by atoms with Gasteiger partial charge in [-0.25, -0.2) is 5.43 Å². The number of hydrogen-bond donors (Lipinski definition) is 1. The van der Waals surface area contributed by atoms with Crippen molar-refractivity contribution in [2.24, 2.45) is 5.10 Å². The van der Waals surface area contributed by atoms with Crippen LogP contribution in [0.3, 0.4) is 0 Å². The zero-order valence-electron chi connectivity index (χ0n) is 12.0. The van der Waals surface area contributed by atoms with E-state index < -0.39 is 6.10 Å². The van der Waals surface area contributed by atoms with Crippen LogP contribution in [0.25, 0.3) is 0 Å². The van der Waals surface area contributed by atoms with Crippen LogP contribution < -0.4 is 10.2 Å². The van der Waals surface area contributed by atoms with Crippen LogP contribution in [0.1, 0.15) is 16.7 Å². The summed E-state index contributed by atoms with van der Waals surface area (Å²) in [4.78, 5) is 14.1. The van der Waals surface area contributed by atoms with Gasteiger partial charge in [-0.05, 0) is 44.2 Å². The number of rotatable bonds is 5. The Morgan fingerprint density at radius 1 is 1.36 bits per heavy atom. The van der Waals surface area contributed by atoms with E-state index in [1.165, 1.54) is 4.88 Å². The van der Waals surface area contributed by atoms with Crippen molar-refractivity contribution in [3.8, 4) is 5.75 Å². The number of halogens is 2. The number of hydrogen-bond acceptors (Lipinski definition) is 4. The molecular weight excluding hydrogens is 343 g/mol. The van der Waals surface area contributed by atoms with E-state index in [2.05, 4.69) is 10.5 Å². The molecule has 0 bridgehead atoms. The molecule has 1 amide bonds. The third-order valence-electron chi connectivity index (χ3n) is 2.69. The maximum atomic E-state index is 11.9. The minimum Gasteiger partial charge on any atom is -0.479 e. The number of amides is 1. The van der Waals surface area contributed by atoms with Crippen LogP contribution in [-0.4, -0.2) is 18.2 Å². The molecule has 7 heteroatoms. The molecule has 116 valence electrons. The Morgan fingerprint density at radius 3 is 2.77 bits per heavy atom. The number of aryl methyl sites for hydroxylation is 1. The highest BCUT2D eigenvalue weighted by molar-refractivity contribution is 7.13. The number of ether oxygens (including phenoxy) is 1. The van der Waals surface area contributed by atoms with Crippen molar-refractivity contribution in [1.82, 2.24) is 5.43 Å². The number of hydrazone groups is 1. The Morgan fingerprint density at radius 2 is 2.14 bits per heavy atom. The molecule has 1 unspecified atom stereocenters. The monoisotopic (exact) mass is 356 g/mol. The highest BCUT2D eigenvalue weighted by atomic mass is 35.5. The molecule has 22 heavy (non-hydrogen) atoms. The van der Waals surface area contributed by atoms with Gasteiger partial charge in [0.25, 0.3) is 5.91 Å². The Kier molecular flexibility index (Phi) is 5.83. The third-order valence-corrected chi connectivity index (χ3v) is 4.16. The Balaban J connectivity index is 1.90. The lowest BCUT2D eigenvalue weighted by Gasteiger charge is -2.14. The number of thiophene rings is 1. The third kappa shape index (κ3) is 4.73. The molecule has 1 heterocycles. The normalized spacial score (nSPS) is 12.4. The second kappa shape index (κ2) is 7.63. The maximum Gasteiger partial charge on any atom is 0.280 e. The van der Waals surface area contributed by atoms with E-state index in [9.17, 15) is 4.79 Å². The highest BCUT2D eigenvalue weighted by Crippen LogP contribution is 2.28. The molecule has 4 nitrogen and oxygen atoms in total. The lowest BCUT2D eigenvalue weighted by molar-refractivity contribution is -0.127. The quantitative estimate of drug-likeness (QED) is 0.641. The summed E-state index contributed by atoms with van der Waals surface area (Å²) in [5, 5.41) is 4.76. The van der Waals surface area contributed by atoms with E-state index in [1.54, 1.807) is 42.7 Å². The summed E-state index contributed by atoms with van der Waals surface area (Å²) in [5.74, 6) is 0.0297. The van der Waals surface area contributed by atoms with Crippen LogP contribution in [0.4, 0.5) is 0 Å². The Bertz CT molecular complexity index is 701. The van der Waals surface area contributed by atoms with Gasteiger partial charge in [-0.15, -0.1) is 11.3 Å². The largest absolute Gasteiger partial charge is 0.479 e. The van der Waals surface area contributed by atoms with Gasteiger partial charge >= 0.3 is 0 Å². The number of nitrogens with zero attached hydrogens (tertiary/aromatic N) is 1. The van der Waals surface area contributed by atoms with Crippen LogP contribution in [0.15, 0.2) is 35.4 Å². The molecular formula is C15H14Cl2N2O2S. The average molecular weight is 357 g/mol. The molecule has 1 aromatic carbocycles. The van der Waals surface area contributed by atoms with E-state index in [1.807, 2.05) is 19.1 Å². The predicted molar refractivity (Wildman–Crippen MR) is 91.3 cm³/mol. The molecule has 1 aromatic heterocycles. The first-order valence-electron chi connectivity index (χ1n) is 6.47. The van der Waals surface area contributed by atoms with E-state index in [0.29, 0.717) is 15.8 Å². The second-order valence-corrected chi connectivity index (χ2v) is 6.68. The van der Waals surface area contributed by atoms with Crippen molar-refractivity contribution in [3.63, 3.8) is 0 Å². The smallest absolute Gasteiger partial charge is 0.280 e. The van der Waals surface area contributed by atoms with E-state index >= 15 is 0 Å². The molecule has 2 rings (SSSR count). The second-order valence-electron chi connectivity index (χ2n) is 4.52. The number of carbonyl (C=O) groups is 1. The van der Waals surface area contributed by atoms with Crippen molar-refractivity contribution in [2.75, 3.05) is 0 Å². The van der Waals surface area contributed by atoms with Crippen LogP contribution in [0.2, 0.25) is 10.0 Å². The molecule has 0 saturated heterocycles. The minimum absolute atomic E-state index is 0.352. The molecule has 2 aromatic rings. The highest BCUT2D eigenvalue weighted by Gasteiger charge is 2.15. The van der Waals surface area contributed by atoms with Crippen molar-refractivity contribution in [2.45, 2.75) is 20.0 Å². The average Bonchev–Trinajstić information content (AvgIpc) is 2.87. The van der Waals surface area contributed by atoms with Crippen LogP contribution in [0, 0.1) is 6.92 Å². The van der Waals surface area contributed by atoms with Gasteiger partial charge in [0, 0.05) is 14.8 Å². The Hall–Kier alpha value is -1.56. The number of benzene rings is 1. The molecule has 0 aliphatic heterocycles. The lowest BCUT2D eigenvalue weighted by Crippen LogP contribution is -2.33. The molecule has 0 saturated carbocycles. The zero-order chi connectivity index (χ0) is 16.1. The molecule has 1 N–H and O–H groups in total. The summed E-state index contributed by atoms with van der Waals surface area (Å²) in [7, 11) is 0. The minimum atomic E-state index is -0.735. The first-order chi connectivity index (χ1) is 10.5. The number of nitrogens with one attached hydrogen (secondary N) is 1. The van der Waals surface area contributed by atoms with E-state index in [-0.39, 0.29) is 5.91 Å². The zero-order valence-corrected chi connectivity index (χ0v) is 14.3. The van der Waals surface area contributed by atoms with Gasteiger partial charge in [0.05, 0.1) is 11.2 Å². The van der Waals surface area contributed by atoms with Gasteiger partial charge in [-0.3, -0.25) is 4.79 Å². The number of carbonyl (C=O) groups excluding carboxylic acids is 1. The Labute approximate surface area is 142 Å². The standard InChI is InChI=1S/C15H14Cl2N2O2S/c1-9-3-5-12(22-9)8-18-19-15(20)10(2)21-14-6-4-11(16)7-13(14)17/h3-8,10H,1-2H3,(H,19,20). The van der Waals surface area contributed by atoms with Crippen molar-refractivity contribution in [3.05, 3.63) is 50.1 Å². The first kappa shape index (κ1) is 16.8. The van der Waals surface area contributed by atoms with Gasteiger partial charge in [-0.1, -0.05) is 23.2 Å². The fraction of sp³-hybridized carbons (Fsp3) is 0.200. The molecule has 0 spiro atoms. The summed E-state index contributed by atoms with van der Waals surface area (Å²) in [6, 6.07) is 8.74. The fourth-order valence-corrected chi connectivity index (χ4v) is 2.79. The lowest BCUT2D eigenvalue weighted by atomic mass is 10.3. The van der Waals surface area contributed by atoms with Gasteiger partial charge < -0.3 is 4.74 Å². The topological polar surface area (TPSA) is 50.7 Å². The van der Waals surface area contributed by atoms with Crippen LogP contribution in [-0.2, 0) is 4.79 Å². The summed E-state index contributed by atoms with van der Waals surface area (Å²) in [6.07, 6.45) is 0.860. The van der Waals surface area contributed by atoms with E-state index in [4.69, 9.17) is 27.9 Å². The molecule has 0 fully saturated rings. The fourth-order valence-electron chi connectivity index (χ4n) is 1.59. The first-order valence-corrected chi connectivity index (χ1v) is 8.04. The molecule has 0 aliphatic rings. The molecule has 0 radical (unpaired) electrons. The van der Waals surface area contributed by atoms with Crippen molar-refractivity contribution in [1.29, 1.82) is 0 Å². The van der Waals surface area contributed by atoms with Gasteiger partial charge in [0.1, 0.15) is 5.75 Å². The molecule has 1 atom stereocenters.